The predicted molar refractivity (Wildman–Crippen MR) is 79.8 cm³/mol. The third kappa shape index (κ3) is 5.45. The molecular weight excluding hydrogens is 278 g/mol. The van der Waals surface area contributed by atoms with E-state index < -0.39 is 8.69 Å². The van der Waals surface area contributed by atoms with Crippen molar-refractivity contribution in [2.24, 2.45) is 0 Å². The molecule has 2 nitrogen and oxygen atoms in total. The van der Waals surface area contributed by atoms with Gasteiger partial charge in [0.1, 0.15) is 5.75 Å². The predicted octanol–water partition coefficient (Wildman–Crippen LogP) is 4.04. The second-order valence-corrected chi connectivity index (χ2v) is 3.52. The molecule has 1 aromatic carbocycles. The first kappa shape index (κ1) is 18.7. The van der Waals surface area contributed by atoms with Crippen LogP contribution >= 0.6 is 33.5 Å². The first-order valence-corrected chi connectivity index (χ1v) is 5.70. The second-order valence-electron chi connectivity index (χ2n) is 3.09. The summed E-state index contributed by atoms with van der Waals surface area (Å²) in [7, 11) is -1.22. The standard InChI is InChI=1S/C12H15O2P.2ClH/c1-3-6-10-8-5-9-12(14-15-13)11(10)7-4-2;;/h3-5,8-9H,1-2,6-7,15H2;2*1H. The lowest BCUT2D eigenvalue weighted by atomic mass is 10.0. The van der Waals surface area contributed by atoms with Gasteiger partial charge in [-0.2, -0.15) is 0 Å². The third-order valence-electron chi connectivity index (χ3n) is 2.12. The van der Waals surface area contributed by atoms with Crippen molar-refractivity contribution in [3.8, 4) is 5.75 Å². The van der Waals surface area contributed by atoms with Crippen LogP contribution in [0.4, 0.5) is 0 Å². The highest BCUT2D eigenvalue weighted by molar-refractivity contribution is 7.17. The Morgan fingerprint density at radius 1 is 1.18 bits per heavy atom. The number of rotatable bonds is 6. The van der Waals surface area contributed by atoms with Crippen LogP contribution in [-0.4, -0.2) is 0 Å². The monoisotopic (exact) mass is 294 g/mol. The zero-order valence-electron chi connectivity index (χ0n) is 9.43. The van der Waals surface area contributed by atoms with E-state index in [0.717, 1.165) is 24.0 Å². The Balaban J connectivity index is 0. The Labute approximate surface area is 116 Å². The molecule has 0 heterocycles. The van der Waals surface area contributed by atoms with Crippen molar-refractivity contribution in [3.05, 3.63) is 54.6 Å². The summed E-state index contributed by atoms with van der Waals surface area (Å²) < 4.78 is 15.7. The first-order chi connectivity index (χ1) is 7.33. The summed E-state index contributed by atoms with van der Waals surface area (Å²) in [6.45, 7) is 7.42. The molecule has 0 radical (unpaired) electrons. The second kappa shape index (κ2) is 10.5. The van der Waals surface area contributed by atoms with Gasteiger partial charge in [-0.3, -0.25) is 4.57 Å². The van der Waals surface area contributed by atoms with Crippen molar-refractivity contribution < 1.29 is 9.09 Å². The molecule has 0 aromatic heterocycles. The topological polar surface area (TPSA) is 26.3 Å². The van der Waals surface area contributed by atoms with Crippen molar-refractivity contribution >= 4 is 33.5 Å². The van der Waals surface area contributed by atoms with Gasteiger partial charge in [0.25, 0.3) is 0 Å². The molecule has 0 N–H and O–H groups in total. The van der Waals surface area contributed by atoms with Crippen LogP contribution in [0.2, 0.25) is 0 Å². The van der Waals surface area contributed by atoms with Crippen LogP contribution in [0.3, 0.4) is 0 Å². The maximum Gasteiger partial charge on any atom is 0.225 e. The van der Waals surface area contributed by atoms with Crippen LogP contribution in [-0.2, 0) is 17.4 Å². The molecule has 0 saturated carbocycles. The molecule has 1 aromatic rings. The molecular formula is C12H17Cl2O2P. The minimum atomic E-state index is -1.22. The van der Waals surface area contributed by atoms with E-state index in [9.17, 15) is 4.57 Å². The number of benzene rings is 1. The fourth-order valence-electron chi connectivity index (χ4n) is 1.50. The van der Waals surface area contributed by atoms with E-state index in [1.165, 1.54) is 0 Å². The SMILES string of the molecule is C=CCc1cccc(O[PH2]=O)c1CC=C.Cl.Cl. The van der Waals surface area contributed by atoms with Crippen LogP contribution in [0.25, 0.3) is 0 Å². The summed E-state index contributed by atoms with van der Waals surface area (Å²) in [6.07, 6.45) is 5.16. The molecule has 1 atom stereocenters. The zero-order valence-corrected chi connectivity index (χ0v) is 12.2. The molecule has 0 saturated heterocycles. The number of hydrogen-bond acceptors (Lipinski definition) is 2. The molecule has 0 bridgehead atoms. The van der Waals surface area contributed by atoms with Crippen LogP contribution in [0.5, 0.6) is 5.75 Å². The molecule has 0 spiro atoms. The summed E-state index contributed by atoms with van der Waals surface area (Å²) in [6, 6.07) is 5.75. The van der Waals surface area contributed by atoms with Gasteiger partial charge in [-0.25, -0.2) is 0 Å². The van der Waals surface area contributed by atoms with Crippen LogP contribution in [0, 0.1) is 0 Å². The third-order valence-corrected chi connectivity index (χ3v) is 2.47. The maximum atomic E-state index is 10.5. The lowest BCUT2D eigenvalue weighted by molar-refractivity contribution is 0.522. The highest BCUT2D eigenvalue weighted by Crippen LogP contribution is 2.26. The summed E-state index contributed by atoms with van der Waals surface area (Å²) >= 11 is 0. The van der Waals surface area contributed by atoms with Gasteiger partial charge in [-0.05, 0) is 24.5 Å². The Morgan fingerprint density at radius 2 is 1.82 bits per heavy atom. The molecule has 1 unspecified atom stereocenters. The Morgan fingerprint density at radius 3 is 2.35 bits per heavy atom. The molecule has 0 fully saturated rings. The quantitative estimate of drug-likeness (QED) is 0.585. The largest absolute Gasteiger partial charge is 0.447 e. The van der Waals surface area contributed by atoms with E-state index in [1.54, 1.807) is 0 Å². The van der Waals surface area contributed by atoms with Crippen molar-refractivity contribution in [2.75, 3.05) is 0 Å². The smallest absolute Gasteiger partial charge is 0.225 e. The van der Waals surface area contributed by atoms with Gasteiger partial charge < -0.3 is 4.52 Å². The molecule has 0 aliphatic rings. The summed E-state index contributed by atoms with van der Waals surface area (Å²) in [5.74, 6) is 0.694. The van der Waals surface area contributed by atoms with Crippen LogP contribution in [0.1, 0.15) is 11.1 Å². The molecule has 1 rings (SSSR count). The zero-order chi connectivity index (χ0) is 11.1. The summed E-state index contributed by atoms with van der Waals surface area (Å²) in [5, 5.41) is 0. The fourth-order valence-corrected chi connectivity index (χ4v) is 1.82. The molecule has 17 heavy (non-hydrogen) atoms. The lowest BCUT2D eigenvalue weighted by Gasteiger charge is -2.10. The first-order valence-electron chi connectivity index (χ1n) is 4.76. The van der Waals surface area contributed by atoms with E-state index in [-0.39, 0.29) is 24.8 Å². The van der Waals surface area contributed by atoms with Crippen LogP contribution in [0.15, 0.2) is 43.5 Å². The molecule has 0 amide bonds. The van der Waals surface area contributed by atoms with Gasteiger partial charge in [0.15, 0.2) is 0 Å². The van der Waals surface area contributed by atoms with Gasteiger partial charge >= 0.3 is 0 Å². The molecule has 96 valence electrons. The van der Waals surface area contributed by atoms with E-state index in [0.29, 0.717) is 5.75 Å². The minimum Gasteiger partial charge on any atom is -0.447 e. The Hall–Kier alpha value is -0.690. The average Bonchev–Trinajstić information content (AvgIpc) is 2.23. The summed E-state index contributed by atoms with van der Waals surface area (Å²) in [5.41, 5.74) is 2.20. The highest BCUT2D eigenvalue weighted by Gasteiger charge is 2.06. The van der Waals surface area contributed by atoms with Crippen molar-refractivity contribution in [3.63, 3.8) is 0 Å². The Kier molecular flexibility index (Phi) is 11.5. The van der Waals surface area contributed by atoms with Crippen molar-refractivity contribution in [1.29, 1.82) is 0 Å². The normalized spacial score (nSPS) is 9.18. The summed E-state index contributed by atoms with van der Waals surface area (Å²) in [4.78, 5) is 0. The van der Waals surface area contributed by atoms with E-state index >= 15 is 0 Å². The van der Waals surface area contributed by atoms with Gasteiger partial charge in [0.05, 0.1) is 0 Å². The molecule has 0 aliphatic heterocycles. The Bertz CT molecular complexity index is 353. The number of halogens is 2. The molecule has 5 heteroatoms. The maximum absolute atomic E-state index is 10.5. The minimum absolute atomic E-state index is 0. The van der Waals surface area contributed by atoms with Gasteiger partial charge in [0, 0.05) is 5.56 Å². The van der Waals surface area contributed by atoms with Gasteiger partial charge in [0.2, 0.25) is 8.69 Å². The van der Waals surface area contributed by atoms with E-state index in [4.69, 9.17) is 4.52 Å². The van der Waals surface area contributed by atoms with Crippen molar-refractivity contribution in [1.82, 2.24) is 0 Å². The number of allylic oxidation sites excluding steroid dienone is 2. The van der Waals surface area contributed by atoms with Gasteiger partial charge in [-0.15, -0.1) is 38.0 Å². The average molecular weight is 295 g/mol. The van der Waals surface area contributed by atoms with Crippen molar-refractivity contribution in [2.45, 2.75) is 12.8 Å². The van der Waals surface area contributed by atoms with E-state index in [1.807, 2.05) is 30.4 Å². The van der Waals surface area contributed by atoms with Gasteiger partial charge in [-0.1, -0.05) is 24.3 Å². The van der Waals surface area contributed by atoms with Crippen LogP contribution < -0.4 is 4.52 Å². The fraction of sp³-hybridized carbons (Fsp3) is 0.167. The molecule has 0 aliphatic carbocycles. The van der Waals surface area contributed by atoms with E-state index in [2.05, 4.69) is 13.2 Å². The number of hydrogen-bond donors (Lipinski definition) is 0. The highest BCUT2D eigenvalue weighted by atomic mass is 35.5. The lowest BCUT2D eigenvalue weighted by Crippen LogP contribution is -1.94.